The summed E-state index contributed by atoms with van der Waals surface area (Å²) in [5.74, 6) is 0. The topological polar surface area (TPSA) is 18.5 Å². The quantitative estimate of drug-likeness (QED) is 0.936. The molecule has 0 aliphatic carbocycles. The summed E-state index contributed by atoms with van der Waals surface area (Å²) >= 11 is 0. The fourth-order valence-electron chi connectivity index (χ4n) is 3.64. The molecule has 2 heterocycles. The smallest absolute Gasteiger partial charge is 0.0856 e. The van der Waals surface area contributed by atoms with E-state index in [2.05, 4.69) is 63.9 Å². The molecule has 3 heteroatoms. The van der Waals surface area contributed by atoms with Gasteiger partial charge in [0.15, 0.2) is 0 Å². The zero-order valence-corrected chi connectivity index (χ0v) is 13.0. The third-order valence-corrected chi connectivity index (χ3v) is 4.77. The van der Waals surface area contributed by atoms with Crippen LogP contribution in [0.3, 0.4) is 0 Å². The van der Waals surface area contributed by atoms with Gasteiger partial charge in [0.2, 0.25) is 0 Å². The molecule has 2 aromatic rings. The van der Waals surface area contributed by atoms with E-state index in [1.54, 1.807) is 0 Å². The van der Waals surface area contributed by atoms with Crippen LogP contribution in [-0.2, 0) is 12.8 Å². The third-order valence-electron chi connectivity index (χ3n) is 4.77. The van der Waals surface area contributed by atoms with Crippen LogP contribution >= 0.6 is 0 Å². The monoisotopic (exact) mass is 293 g/mol. The maximum atomic E-state index is 3.65. The van der Waals surface area contributed by atoms with Gasteiger partial charge in [-0.15, -0.1) is 0 Å². The van der Waals surface area contributed by atoms with E-state index < -0.39 is 0 Å². The summed E-state index contributed by atoms with van der Waals surface area (Å²) in [6.45, 7) is 3.11. The van der Waals surface area contributed by atoms with Crippen molar-refractivity contribution < 1.29 is 0 Å². The first-order chi connectivity index (χ1) is 10.9. The minimum Gasteiger partial charge on any atom is -0.357 e. The van der Waals surface area contributed by atoms with E-state index >= 15 is 0 Å². The molecule has 0 saturated carbocycles. The van der Waals surface area contributed by atoms with Gasteiger partial charge in [-0.25, -0.2) is 5.43 Å². The van der Waals surface area contributed by atoms with Crippen molar-refractivity contribution in [1.29, 1.82) is 0 Å². The Kier molecular flexibility index (Phi) is 3.73. The second-order valence-electron chi connectivity index (χ2n) is 6.20. The van der Waals surface area contributed by atoms with Gasteiger partial charge in [-0.05, 0) is 48.9 Å². The van der Waals surface area contributed by atoms with Gasteiger partial charge in [0.1, 0.15) is 0 Å². The number of nitrogens with one attached hydrogen (secondary N) is 1. The largest absolute Gasteiger partial charge is 0.357 e. The number of fused-ring (bicyclic) bond motifs is 2. The first kappa shape index (κ1) is 13.6. The van der Waals surface area contributed by atoms with Gasteiger partial charge in [0.25, 0.3) is 0 Å². The number of rotatable bonds is 3. The normalized spacial score (nSPS) is 17.1. The number of anilines is 2. The number of aryl methyl sites for hydroxylation is 2. The Balaban J connectivity index is 1.48. The molecule has 22 heavy (non-hydrogen) atoms. The maximum absolute atomic E-state index is 3.65. The molecule has 2 aliphatic rings. The van der Waals surface area contributed by atoms with E-state index in [4.69, 9.17) is 0 Å². The Morgan fingerprint density at radius 2 is 1.41 bits per heavy atom. The van der Waals surface area contributed by atoms with E-state index in [0.29, 0.717) is 0 Å². The van der Waals surface area contributed by atoms with E-state index in [1.807, 2.05) is 0 Å². The lowest BCUT2D eigenvalue weighted by atomic mass is 10.0. The lowest BCUT2D eigenvalue weighted by Gasteiger charge is -2.36. The van der Waals surface area contributed by atoms with Crippen LogP contribution in [0.4, 0.5) is 11.4 Å². The zero-order chi connectivity index (χ0) is 14.8. The minimum atomic E-state index is 0.880. The molecule has 0 unspecified atom stereocenters. The summed E-state index contributed by atoms with van der Waals surface area (Å²) in [6.07, 6.45) is 4.87. The lowest BCUT2D eigenvalue weighted by Crippen LogP contribution is -2.48. The summed E-state index contributed by atoms with van der Waals surface area (Å²) < 4.78 is 0. The molecule has 0 radical (unpaired) electrons. The molecule has 2 aromatic carbocycles. The second kappa shape index (κ2) is 6.01. The summed E-state index contributed by atoms with van der Waals surface area (Å²) in [5.41, 5.74) is 9.33. The number of hydrazine groups is 1. The summed E-state index contributed by atoms with van der Waals surface area (Å²) in [7, 11) is 0. The van der Waals surface area contributed by atoms with E-state index in [9.17, 15) is 0 Å². The van der Waals surface area contributed by atoms with Crippen LogP contribution in [0, 0.1) is 0 Å². The van der Waals surface area contributed by atoms with E-state index in [-0.39, 0.29) is 0 Å². The van der Waals surface area contributed by atoms with Crippen LogP contribution in [-0.4, -0.2) is 19.8 Å². The molecular formula is C19H23N3. The number of nitrogens with zero attached hydrogens (tertiary/aromatic N) is 2. The van der Waals surface area contributed by atoms with Crippen molar-refractivity contribution in [2.75, 3.05) is 29.7 Å². The molecule has 1 N–H and O–H groups in total. The highest BCUT2D eigenvalue weighted by atomic mass is 15.5. The predicted octanol–water partition coefficient (Wildman–Crippen LogP) is 3.35. The minimum absolute atomic E-state index is 0.880. The van der Waals surface area contributed by atoms with Crippen molar-refractivity contribution in [3.63, 3.8) is 0 Å². The van der Waals surface area contributed by atoms with Crippen LogP contribution in [0.25, 0.3) is 0 Å². The Labute approximate surface area is 132 Å². The highest BCUT2D eigenvalue weighted by Gasteiger charge is 2.19. The fourth-order valence-corrected chi connectivity index (χ4v) is 3.64. The molecule has 0 atom stereocenters. The molecule has 3 nitrogen and oxygen atoms in total. The van der Waals surface area contributed by atoms with Gasteiger partial charge in [-0.2, -0.15) is 0 Å². The van der Waals surface area contributed by atoms with Gasteiger partial charge in [-0.3, -0.25) is 0 Å². The van der Waals surface area contributed by atoms with E-state index in [0.717, 1.165) is 19.8 Å². The predicted molar refractivity (Wildman–Crippen MR) is 92.2 cm³/mol. The molecule has 0 spiro atoms. The second-order valence-corrected chi connectivity index (χ2v) is 6.20. The zero-order valence-electron chi connectivity index (χ0n) is 13.0. The Morgan fingerprint density at radius 1 is 0.773 bits per heavy atom. The van der Waals surface area contributed by atoms with Crippen LogP contribution in [0.15, 0.2) is 48.5 Å². The number of benzene rings is 2. The third kappa shape index (κ3) is 2.57. The van der Waals surface area contributed by atoms with Crippen molar-refractivity contribution in [3.8, 4) is 0 Å². The molecule has 2 aliphatic heterocycles. The Morgan fingerprint density at radius 3 is 2.23 bits per heavy atom. The van der Waals surface area contributed by atoms with E-state index in [1.165, 1.54) is 48.2 Å². The van der Waals surface area contributed by atoms with Crippen LogP contribution in [0.2, 0.25) is 0 Å². The van der Waals surface area contributed by atoms with Gasteiger partial charge in [0, 0.05) is 18.8 Å². The molecule has 4 rings (SSSR count). The van der Waals surface area contributed by atoms with Gasteiger partial charge < -0.3 is 9.91 Å². The molecule has 0 saturated heterocycles. The average Bonchev–Trinajstić information content (AvgIpc) is 2.60. The van der Waals surface area contributed by atoms with Gasteiger partial charge in [-0.1, -0.05) is 36.4 Å². The number of para-hydroxylation sites is 2. The molecule has 114 valence electrons. The van der Waals surface area contributed by atoms with Crippen LogP contribution in [0.5, 0.6) is 0 Å². The highest BCUT2D eigenvalue weighted by molar-refractivity contribution is 5.56. The summed E-state index contributed by atoms with van der Waals surface area (Å²) in [4.78, 5) is 2.47. The summed E-state index contributed by atoms with van der Waals surface area (Å²) in [6, 6.07) is 17.6. The van der Waals surface area contributed by atoms with Crippen molar-refractivity contribution in [2.24, 2.45) is 0 Å². The first-order valence-corrected chi connectivity index (χ1v) is 8.33. The van der Waals surface area contributed by atoms with Crippen molar-refractivity contribution in [2.45, 2.75) is 25.7 Å². The Bertz CT molecular complexity index is 595. The first-order valence-electron chi connectivity index (χ1n) is 8.33. The number of hydrogen-bond acceptors (Lipinski definition) is 3. The standard InChI is InChI=1S/C19H23N3/c1-3-11-18-16(7-1)9-5-13-21(18)15-20-22-14-6-10-17-8-2-4-12-19(17)22/h1-4,7-8,11-12,20H,5-6,9-10,13-15H2. The van der Waals surface area contributed by atoms with Crippen LogP contribution < -0.4 is 15.3 Å². The number of hydrogen-bond donors (Lipinski definition) is 1. The molecule has 0 amide bonds. The Hall–Kier alpha value is -2.00. The molecule has 0 fully saturated rings. The van der Waals surface area contributed by atoms with Gasteiger partial charge >= 0.3 is 0 Å². The summed E-state index contributed by atoms with van der Waals surface area (Å²) in [5, 5.41) is 2.33. The van der Waals surface area contributed by atoms with Crippen LogP contribution in [0.1, 0.15) is 24.0 Å². The van der Waals surface area contributed by atoms with Crippen molar-refractivity contribution in [3.05, 3.63) is 59.7 Å². The lowest BCUT2D eigenvalue weighted by molar-refractivity contribution is 0.554. The van der Waals surface area contributed by atoms with Crippen molar-refractivity contribution in [1.82, 2.24) is 5.43 Å². The van der Waals surface area contributed by atoms with Crippen molar-refractivity contribution >= 4 is 11.4 Å². The average molecular weight is 293 g/mol. The molecular weight excluding hydrogens is 270 g/mol. The SMILES string of the molecule is c1ccc2c(c1)CCCN2CNN1CCCc2ccccc21. The molecule has 0 aromatic heterocycles. The fraction of sp³-hybridized carbons (Fsp3) is 0.368. The highest BCUT2D eigenvalue weighted by Crippen LogP contribution is 2.27. The maximum Gasteiger partial charge on any atom is 0.0856 e. The molecule has 0 bridgehead atoms. The van der Waals surface area contributed by atoms with Gasteiger partial charge in [0.05, 0.1) is 12.4 Å².